The van der Waals surface area contributed by atoms with E-state index in [0.29, 0.717) is 27.8 Å². The van der Waals surface area contributed by atoms with Gasteiger partial charge in [0.25, 0.3) is 11.8 Å². The van der Waals surface area contributed by atoms with Crippen LogP contribution in [-0.4, -0.2) is 139 Å². The highest BCUT2D eigenvalue weighted by atomic mass is 35.5. The first-order valence-corrected chi connectivity index (χ1v) is 31.4. The van der Waals surface area contributed by atoms with Crippen LogP contribution in [0, 0.1) is 0 Å². The number of benzene rings is 6. The third-order valence-corrected chi connectivity index (χ3v) is 17.3. The Kier molecular flexibility index (Phi) is 23.4. The lowest BCUT2D eigenvalue weighted by atomic mass is 9.84. The molecule has 2 N–H and O–H groups in total. The molecule has 6 aromatic carbocycles. The SMILES string of the molecule is CC(=O)NC(CSC(c1ccccc1)(c1ccccc1)c1ccccc1)C(=O)OCCOCCOCCOCCOC(=O)OC(C)OC(=O)C(Cc1cccc(S(C)(=O)=O)c1)NC(=O)c1c(Cl)cc2c(c1Cl)CCN(C(=O)c1ccc3ccoc3c1)C2. The van der Waals surface area contributed by atoms with Crippen LogP contribution in [0.2, 0.25) is 10.0 Å². The molecule has 23 heteroatoms. The maximum Gasteiger partial charge on any atom is 0.511 e. The second-order valence-corrected chi connectivity index (χ2v) is 24.1. The minimum atomic E-state index is -3.66. The fraction of sp³-hybridized carbons (Fsp3) is 0.312. The molecule has 3 unspecified atom stereocenters. The summed E-state index contributed by atoms with van der Waals surface area (Å²) in [5.41, 5.74) is 5.46. The molecule has 0 aliphatic carbocycles. The molecule has 0 saturated carbocycles. The van der Waals surface area contributed by atoms with Crippen molar-refractivity contribution < 1.29 is 74.8 Å². The quantitative estimate of drug-likeness (QED) is 0.0146. The Hall–Kier alpha value is -7.76. The highest BCUT2D eigenvalue weighted by molar-refractivity contribution is 8.00. The van der Waals surface area contributed by atoms with Gasteiger partial charge < -0.3 is 53.1 Å². The molecular weight excluding hydrogens is 1200 g/mol. The van der Waals surface area contributed by atoms with Crippen LogP contribution in [0.15, 0.2) is 161 Å². The highest BCUT2D eigenvalue weighted by Crippen LogP contribution is 2.49. The summed E-state index contributed by atoms with van der Waals surface area (Å²) >= 11 is 15.1. The van der Waals surface area contributed by atoms with Gasteiger partial charge in [-0.15, -0.1) is 11.8 Å². The van der Waals surface area contributed by atoms with Crippen LogP contribution in [-0.2, 0) is 81.5 Å². The molecule has 1 aliphatic rings. The molecule has 1 aliphatic heterocycles. The first-order valence-electron chi connectivity index (χ1n) is 27.8. The number of thioether (sulfide) groups is 1. The largest absolute Gasteiger partial charge is 0.511 e. The van der Waals surface area contributed by atoms with E-state index < -0.39 is 57.0 Å². The predicted octanol–water partition coefficient (Wildman–Crippen LogP) is 9.55. The number of sulfone groups is 1. The van der Waals surface area contributed by atoms with E-state index in [0.717, 1.165) is 28.3 Å². The lowest BCUT2D eigenvalue weighted by Crippen LogP contribution is -2.45. The zero-order valence-corrected chi connectivity index (χ0v) is 51.1. The number of amides is 3. The zero-order chi connectivity index (χ0) is 61.9. The molecule has 7 aromatic rings. The van der Waals surface area contributed by atoms with Crippen molar-refractivity contribution >= 4 is 91.6 Å². The van der Waals surface area contributed by atoms with Crippen LogP contribution >= 0.6 is 35.0 Å². The summed E-state index contributed by atoms with van der Waals surface area (Å²) in [5, 5.41) is 6.21. The van der Waals surface area contributed by atoms with Gasteiger partial charge in [0, 0.05) is 56.3 Å². The summed E-state index contributed by atoms with van der Waals surface area (Å²) in [5.74, 6) is -2.90. The van der Waals surface area contributed by atoms with Crippen molar-refractivity contribution in [1.82, 2.24) is 15.5 Å². The standard InChI is InChI=1S/C64H65Cl2N3O16S2/c1-42(70)67-55(41-86-64(48-15-7-4-8-16-48,49-17-9-5-10-18-49)50-19-11-6-12-20-50)61(73)82-34-32-79-30-28-78-29-31-80-33-35-83-63(75)85-43(2)84-62(74)54(37-44-14-13-21-51(36-44)87(3,76)77)68-59(71)57-53(65)38-47-40-69(26-24-52(47)58(57)66)60(72)46-23-22-45-25-27-81-56(45)39-46/h4-23,25,27,36,38-39,43,54-55H,24,26,28-35,37,40-41H2,1-3H3,(H,67,70)(H,68,71). The summed E-state index contributed by atoms with van der Waals surface area (Å²) in [6, 6.07) is 41.9. The van der Waals surface area contributed by atoms with Crippen molar-refractivity contribution in [1.29, 1.82) is 0 Å². The highest BCUT2D eigenvalue weighted by Gasteiger charge is 2.39. The minimum absolute atomic E-state index is 0.0253. The van der Waals surface area contributed by atoms with Gasteiger partial charge in [-0.1, -0.05) is 132 Å². The third kappa shape index (κ3) is 17.7. The summed E-state index contributed by atoms with van der Waals surface area (Å²) in [7, 11) is -3.66. The molecule has 0 bridgehead atoms. The van der Waals surface area contributed by atoms with Crippen molar-refractivity contribution in [2.75, 3.05) is 71.4 Å². The van der Waals surface area contributed by atoms with Gasteiger partial charge in [0.2, 0.25) is 12.2 Å². The Morgan fingerprint density at radius 1 is 0.678 bits per heavy atom. The lowest BCUT2D eigenvalue weighted by molar-refractivity contribution is -0.170. The number of carbonyl (C=O) groups excluding carboxylic acids is 6. The summed E-state index contributed by atoms with van der Waals surface area (Å²) < 4.78 is 67.4. The van der Waals surface area contributed by atoms with E-state index in [-0.39, 0.29) is 117 Å². The van der Waals surface area contributed by atoms with Gasteiger partial charge >= 0.3 is 18.1 Å². The monoisotopic (exact) mass is 1270 g/mol. The second-order valence-electron chi connectivity index (χ2n) is 20.1. The van der Waals surface area contributed by atoms with E-state index in [2.05, 4.69) is 47.0 Å². The fourth-order valence-corrected chi connectivity index (χ4v) is 12.7. The molecule has 458 valence electrons. The van der Waals surface area contributed by atoms with Crippen molar-refractivity contribution in [2.24, 2.45) is 0 Å². The molecule has 2 heterocycles. The molecule has 8 rings (SSSR count). The van der Waals surface area contributed by atoms with Crippen molar-refractivity contribution in [2.45, 2.75) is 61.3 Å². The predicted molar refractivity (Wildman–Crippen MR) is 326 cm³/mol. The fourth-order valence-electron chi connectivity index (χ4n) is 9.72. The Balaban J connectivity index is 0.743. The number of esters is 2. The topological polar surface area (TPSA) is 242 Å². The zero-order valence-electron chi connectivity index (χ0n) is 47.9. The number of ether oxygens (including phenoxy) is 7. The van der Waals surface area contributed by atoms with Gasteiger partial charge in [-0.3, -0.25) is 14.4 Å². The number of hydrogen-bond donors (Lipinski definition) is 2. The number of nitrogens with zero attached hydrogens (tertiary/aromatic N) is 1. The molecule has 3 amide bonds. The van der Waals surface area contributed by atoms with Crippen LogP contribution in [0.3, 0.4) is 0 Å². The number of fused-ring (bicyclic) bond motifs is 2. The summed E-state index contributed by atoms with van der Waals surface area (Å²) in [6.07, 6.45) is -0.110. The molecule has 19 nitrogen and oxygen atoms in total. The molecule has 0 saturated heterocycles. The number of carbonyl (C=O) groups is 6. The van der Waals surface area contributed by atoms with Crippen molar-refractivity contribution in [3.05, 3.63) is 206 Å². The van der Waals surface area contributed by atoms with Crippen LogP contribution in [0.25, 0.3) is 11.0 Å². The maximum absolute atomic E-state index is 14.1. The molecule has 0 spiro atoms. The lowest BCUT2D eigenvalue weighted by Gasteiger charge is -2.36. The minimum Gasteiger partial charge on any atom is -0.464 e. The second kappa shape index (κ2) is 31.2. The van der Waals surface area contributed by atoms with E-state index in [1.165, 1.54) is 43.8 Å². The number of rotatable bonds is 29. The van der Waals surface area contributed by atoms with Gasteiger partial charge in [0.05, 0.1) is 71.2 Å². The van der Waals surface area contributed by atoms with E-state index in [4.69, 9.17) is 60.8 Å². The van der Waals surface area contributed by atoms with Crippen LogP contribution in [0.5, 0.6) is 0 Å². The summed E-state index contributed by atoms with van der Waals surface area (Å²) in [4.78, 5) is 81.4. The van der Waals surface area contributed by atoms with E-state index in [9.17, 15) is 37.2 Å². The van der Waals surface area contributed by atoms with E-state index >= 15 is 0 Å². The Morgan fingerprint density at radius 3 is 1.87 bits per heavy atom. The van der Waals surface area contributed by atoms with Gasteiger partial charge in [-0.2, -0.15) is 0 Å². The maximum atomic E-state index is 14.1. The Labute approximate surface area is 518 Å². The number of halogens is 2. The third-order valence-electron chi connectivity index (χ3n) is 13.9. The summed E-state index contributed by atoms with van der Waals surface area (Å²) in [6.45, 7) is 3.49. The van der Waals surface area contributed by atoms with Crippen molar-refractivity contribution in [3.8, 4) is 0 Å². The molecule has 3 atom stereocenters. The molecule has 87 heavy (non-hydrogen) atoms. The van der Waals surface area contributed by atoms with Gasteiger partial charge in [-0.25, -0.2) is 22.8 Å². The van der Waals surface area contributed by atoms with E-state index in [1.54, 1.807) is 47.6 Å². The normalized spacial score (nSPS) is 13.4. The number of hydrogen-bond acceptors (Lipinski definition) is 17. The number of nitrogens with one attached hydrogen (secondary N) is 2. The van der Waals surface area contributed by atoms with Crippen LogP contribution in [0.1, 0.15) is 67.9 Å². The average Bonchev–Trinajstić information content (AvgIpc) is 2.30. The average molecular weight is 1270 g/mol. The molecule has 1 aromatic heterocycles. The molecule has 0 fully saturated rings. The van der Waals surface area contributed by atoms with Crippen molar-refractivity contribution in [3.63, 3.8) is 0 Å². The molecular formula is C64H65Cl2N3O16S2. The van der Waals surface area contributed by atoms with Crippen LogP contribution in [0.4, 0.5) is 4.79 Å². The molecule has 0 radical (unpaired) electrons. The first-order chi connectivity index (χ1) is 41.9. The smallest absolute Gasteiger partial charge is 0.464 e. The van der Waals surface area contributed by atoms with Gasteiger partial charge in [0.1, 0.15) is 30.9 Å². The Morgan fingerprint density at radius 2 is 1.28 bits per heavy atom. The number of furan rings is 1. The van der Waals surface area contributed by atoms with Gasteiger partial charge in [0.15, 0.2) is 9.84 Å². The first kappa shape index (κ1) is 65.2. The van der Waals surface area contributed by atoms with E-state index in [1.807, 2.05) is 54.6 Å². The van der Waals surface area contributed by atoms with Gasteiger partial charge in [-0.05, 0) is 76.2 Å². The Bertz CT molecular complexity index is 3540. The van der Waals surface area contributed by atoms with Crippen LogP contribution < -0.4 is 10.6 Å².